The zero-order valence-electron chi connectivity index (χ0n) is 49.7. The lowest BCUT2D eigenvalue weighted by Crippen LogP contribution is -2.75. The molecule has 0 saturated heterocycles. The fraction of sp³-hybridized carbons (Fsp3) is 0.224. The molecular formula is C76H74N4OSi. The second-order valence-corrected chi connectivity index (χ2v) is 30.6. The van der Waals surface area contributed by atoms with E-state index in [-0.39, 0.29) is 21.7 Å². The molecule has 0 spiro atoms. The molecule has 3 aliphatic heterocycles. The number of para-hydroxylation sites is 4. The lowest BCUT2D eigenvalue weighted by Gasteiger charge is -2.43. The Morgan fingerprint density at radius 1 is 0.390 bits per heavy atom. The van der Waals surface area contributed by atoms with Crippen LogP contribution in [0.1, 0.15) is 105 Å². The van der Waals surface area contributed by atoms with Gasteiger partial charge in [0.2, 0.25) is 0 Å². The molecule has 1 atom stereocenters. The third kappa shape index (κ3) is 8.85. The van der Waals surface area contributed by atoms with Crippen LogP contribution in [-0.4, -0.2) is 19.7 Å². The van der Waals surface area contributed by atoms with Gasteiger partial charge in [0.1, 0.15) is 24.0 Å². The first kappa shape index (κ1) is 52.9. The molecule has 9 aromatic carbocycles. The van der Waals surface area contributed by atoms with Crippen molar-refractivity contribution in [3.05, 3.63) is 241 Å². The van der Waals surface area contributed by atoms with E-state index in [1.807, 2.05) is 6.20 Å². The molecule has 10 aromatic rings. The van der Waals surface area contributed by atoms with Gasteiger partial charge in [0, 0.05) is 40.8 Å². The molecule has 5 nitrogen and oxygen atoms in total. The quantitative estimate of drug-likeness (QED) is 0.142. The first-order valence-corrected chi connectivity index (χ1v) is 31.2. The van der Waals surface area contributed by atoms with Crippen molar-refractivity contribution in [1.29, 1.82) is 0 Å². The minimum atomic E-state index is -2.86. The third-order valence-electron chi connectivity index (χ3n) is 17.4. The minimum Gasteiger partial charge on any atom is -0.457 e. The zero-order chi connectivity index (χ0) is 57.1. The van der Waals surface area contributed by atoms with Crippen LogP contribution in [0, 0.1) is 0 Å². The predicted octanol–water partition coefficient (Wildman–Crippen LogP) is 17.8. The molecular weight excluding hydrogens is 1010 g/mol. The Hall–Kier alpha value is -8.45. The molecule has 408 valence electrons. The van der Waals surface area contributed by atoms with Crippen LogP contribution >= 0.6 is 0 Å². The summed E-state index contributed by atoms with van der Waals surface area (Å²) in [7, 11) is -2.86. The molecule has 3 aliphatic rings. The van der Waals surface area contributed by atoms with Gasteiger partial charge >= 0.3 is 0 Å². The lowest BCUT2D eigenvalue weighted by atomic mass is 9.78. The number of fused-ring (bicyclic) bond motifs is 6. The number of nitrogens with zero attached hydrogens (tertiary/aromatic N) is 4. The third-order valence-corrected chi connectivity index (χ3v) is 22.3. The molecule has 6 heteroatoms. The monoisotopic (exact) mass is 1090 g/mol. The van der Waals surface area contributed by atoms with Crippen LogP contribution in [-0.2, 0) is 21.7 Å². The van der Waals surface area contributed by atoms with Crippen LogP contribution in [0.3, 0.4) is 0 Å². The van der Waals surface area contributed by atoms with Crippen molar-refractivity contribution in [3.8, 4) is 44.9 Å². The van der Waals surface area contributed by atoms with Crippen molar-refractivity contribution in [1.82, 2.24) is 4.98 Å². The zero-order valence-corrected chi connectivity index (χ0v) is 50.7. The molecule has 0 fully saturated rings. The molecule has 4 heterocycles. The average Bonchev–Trinajstić information content (AvgIpc) is 3.26. The Kier molecular flexibility index (Phi) is 12.5. The van der Waals surface area contributed by atoms with E-state index in [9.17, 15) is 0 Å². The second kappa shape index (κ2) is 19.3. The van der Waals surface area contributed by atoms with Gasteiger partial charge in [-0.2, -0.15) is 0 Å². The van der Waals surface area contributed by atoms with E-state index in [0.717, 1.165) is 45.8 Å². The highest BCUT2D eigenvalue weighted by molar-refractivity contribution is 7.23. The molecule has 0 radical (unpaired) electrons. The standard InChI is InChI=1S/C76H74N4OSi/c1-73(2,3)52-26-22-25-50(41-52)60-32-24-33-61(51-42-54(75(7,8)9)44-55(43-51)76(10,11)12)71(60)79-49-78(64-34-17-18-35-65(64)79)56-27-23-28-57(46-56)81-58-47-63-62-31-16-20-37-68(62)82(59-29-14-13-15-30-59)69-38-21-19-36-66(69)80(67(48-58)72(63)82)70-45-53(39-40-77-70)74(4,5)6/h13-48H,49H2,1-12H3. The molecule has 0 N–H and O–H groups in total. The predicted molar refractivity (Wildman–Crippen MR) is 349 cm³/mol. The van der Waals surface area contributed by atoms with Crippen LogP contribution in [0.2, 0.25) is 0 Å². The van der Waals surface area contributed by atoms with Gasteiger partial charge in [-0.3, -0.25) is 4.90 Å². The normalized spacial score (nSPS) is 15.5. The molecule has 1 aromatic heterocycles. The van der Waals surface area contributed by atoms with Crippen molar-refractivity contribution in [2.45, 2.75) is 105 Å². The summed E-state index contributed by atoms with van der Waals surface area (Å²) in [5.41, 5.74) is 19.2. The van der Waals surface area contributed by atoms with Gasteiger partial charge in [-0.15, -0.1) is 0 Å². The summed E-state index contributed by atoms with van der Waals surface area (Å²) in [6.07, 6.45) is 1.98. The summed E-state index contributed by atoms with van der Waals surface area (Å²) in [6.45, 7) is 28.3. The first-order chi connectivity index (χ1) is 39.2. The fourth-order valence-electron chi connectivity index (χ4n) is 13.0. The van der Waals surface area contributed by atoms with Crippen LogP contribution in [0.25, 0.3) is 33.4 Å². The average molecular weight is 1090 g/mol. The SMILES string of the molecule is CC(C)(C)c1cccc(-c2cccc(-c3cc(C(C)(C)C)cc(C(C)(C)C)c3)c2N2CN(c3cccc(Oc4cc5c6c(c4)N(c4cc(C(C)(C)C)ccn4)c4ccccc4[Si]6(c4ccccc4)c4ccccc4-5)c3)c3ccccc32)c1. The smallest absolute Gasteiger partial charge is 0.185 e. The van der Waals surface area contributed by atoms with Gasteiger partial charge in [-0.25, -0.2) is 4.98 Å². The summed E-state index contributed by atoms with van der Waals surface area (Å²) in [5.74, 6) is 2.44. The Morgan fingerprint density at radius 3 is 1.65 bits per heavy atom. The van der Waals surface area contributed by atoms with Crippen molar-refractivity contribution >= 4 is 68.8 Å². The number of aromatic nitrogens is 1. The molecule has 82 heavy (non-hydrogen) atoms. The van der Waals surface area contributed by atoms with E-state index in [2.05, 4.69) is 310 Å². The maximum atomic E-state index is 7.31. The molecule has 1 unspecified atom stereocenters. The summed E-state index contributed by atoms with van der Waals surface area (Å²) in [6, 6.07) is 79.6. The van der Waals surface area contributed by atoms with Crippen LogP contribution in [0.15, 0.2) is 219 Å². The van der Waals surface area contributed by atoms with Crippen molar-refractivity contribution < 1.29 is 4.74 Å². The number of rotatable bonds is 8. The van der Waals surface area contributed by atoms with Crippen molar-refractivity contribution in [3.63, 3.8) is 0 Å². The summed E-state index contributed by atoms with van der Waals surface area (Å²) in [4.78, 5) is 12.6. The summed E-state index contributed by atoms with van der Waals surface area (Å²) in [5, 5.41) is 5.51. The van der Waals surface area contributed by atoms with Crippen molar-refractivity contribution in [2.24, 2.45) is 0 Å². The number of pyridine rings is 1. The molecule has 0 amide bonds. The van der Waals surface area contributed by atoms with Crippen LogP contribution < -0.4 is 40.2 Å². The number of anilines is 7. The molecule has 13 rings (SSSR count). The van der Waals surface area contributed by atoms with E-state index in [4.69, 9.17) is 9.72 Å². The van der Waals surface area contributed by atoms with Crippen molar-refractivity contribution in [2.75, 3.05) is 21.4 Å². The lowest BCUT2D eigenvalue weighted by molar-refractivity contribution is 0.483. The van der Waals surface area contributed by atoms with E-state index >= 15 is 0 Å². The molecule has 0 aliphatic carbocycles. The summed E-state index contributed by atoms with van der Waals surface area (Å²) < 4.78 is 7.31. The Labute approximate surface area is 487 Å². The van der Waals surface area contributed by atoms with Gasteiger partial charge in [0.25, 0.3) is 0 Å². The number of hydrogen-bond acceptors (Lipinski definition) is 5. The number of ether oxygens (including phenoxy) is 1. The van der Waals surface area contributed by atoms with E-state index < -0.39 is 8.07 Å². The number of benzene rings is 9. The molecule has 0 saturated carbocycles. The van der Waals surface area contributed by atoms with Crippen LogP contribution in [0.5, 0.6) is 11.5 Å². The Balaban J connectivity index is 0.955. The maximum Gasteiger partial charge on any atom is 0.185 e. The van der Waals surface area contributed by atoms with Gasteiger partial charge < -0.3 is 14.5 Å². The second-order valence-electron chi connectivity index (χ2n) is 26.9. The number of hydrogen-bond donors (Lipinski definition) is 0. The highest BCUT2D eigenvalue weighted by atomic mass is 28.3. The minimum absolute atomic E-state index is 0.0174. The van der Waals surface area contributed by atoms with E-state index in [1.54, 1.807) is 0 Å². The highest BCUT2D eigenvalue weighted by Crippen LogP contribution is 2.52. The van der Waals surface area contributed by atoms with Gasteiger partial charge in [0.05, 0.1) is 22.7 Å². The van der Waals surface area contributed by atoms with Crippen LogP contribution in [0.4, 0.5) is 39.9 Å². The van der Waals surface area contributed by atoms with Gasteiger partial charge in [-0.05, 0) is 135 Å². The summed E-state index contributed by atoms with van der Waals surface area (Å²) >= 11 is 0. The van der Waals surface area contributed by atoms with E-state index in [1.165, 1.54) is 82.1 Å². The van der Waals surface area contributed by atoms with Gasteiger partial charge in [-0.1, -0.05) is 235 Å². The Bertz CT molecular complexity index is 4100. The fourth-order valence-corrected chi connectivity index (χ4v) is 18.5. The Morgan fingerprint density at radius 2 is 0.951 bits per heavy atom. The van der Waals surface area contributed by atoms with E-state index in [0.29, 0.717) is 6.67 Å². The highest BCUT2D eigenvalue weighted by Gasteiger charge is 2.55. The first-order valence-electron chi connectivity index (χ1n) is 29.2. The molecule has 0 bridgehead atoms. The maximum absolute atomic E-state index is 7.31. The van der Waals surface area contributed by atoms with Gasteiger partial charge in [0.15, 0.2) is 8.07 Å². The topological polar surface area (TPSA) is 31.8 Å². The largest absolute Gasteiger partial charge is 0.457 e.